The molecule has 0 aliphatic rings. The first-order valence-electron chi connectivity index (χ1n) is 6.96. The maximum absolute atomic E-state index is 12.9. The molecule has 4 heteroatoms. The average molecular weight is 305 g/mol. The predicted octanol–water partition coefficient (Wildman–Crippen LogP) is 4.41. The molecular weight excluding hydrogens is 285 g/mol. The second-order valence-electron chi connectivity index (χ2n) is 5.08. The second kappa shape index (κ2) is 7.48. The third kappa shape index (κ3) is 4.76. The summed E-state index contributed by atoms with van der Waals surface area (Å²) in [7, 11) is 0. The Morgan fingerprint density at radius 2 is 1.76 bits per heavy atom. The minimum Gasteiger partial charge on any atom is -0.491 e. The van der Waals surface area contributed by atoms with E-state index in [0.29, 0.717) is 5.75 Å². The van der Waals surface area contributed by atoms with Crippen LogP contribution in [0.4, 0.5) is 4.39 Å². The first kappa shape index (κ1) is 15.9. The van der Waals surface area contributed by atoms with E-state index in [1.165, 1.54) is 12.1 Å². The van der Waals surface area contributed by atoms with Gasteiger partial charge < -0.3 is 10.5 Å². The molecule has 0 saturated heterocycles. The monoisotopic (exact) mass is 305 g/mol. The first-order chi connectivity index (χ1) is 10.1. The molecule has 0 saturated carbocycles. The van der Waals surface area contributed by atoms with Gasteiger partial charge in [-0.15, -0.1) is 11.8 Å². The van der Waals surface area contributed by atoms with Crippen molar-refractivity contribution in [3.05, 3.63) is 59.9 Å². The van der Waals surface area contributed by atoms with Crippen LogP contribution in [0.5, 0.6) is 5.75 Å². The zero-order valence-corrected chi connectivity index (χ0v) is 13.1. The Kier molecular flexibility index (Phi) is 5.65. The van der Waals surface area contributed by atoms with Crippen LogP contribution in [-0.4, -0.2) is 11.9 Å². The molecule has 112 valence electrons. The Hall–Kier alpha value is -1.52. The fraction of sp³-hybridized carbons (Fsp3) is 0.294. The van der Waals surface area contributed by atoms with Crippen LogP contribution < -0.4 is 10.5 Å². The van der Waals surface area contributed by atoms with Crippen molar-refractivity contribution in [3.63, 3.8) is 0 Å². The minimum atomic E-state index is -0.223. The quantitative estimate of drug-likeness (QED) is 0.803. The van der Waals surface area contributed by atoms with Gasteiger partial charge in [-0.3, -0.25) is 0 Å². The number of hydrogen-bond donors (Lipinski definition) is 1. The molecule has 0 fully saturated rings. The lowest BCUT2D eigenvalue weighted by molar-refractivity contribution is 0.239. The molecule has 2 N–H and O–H groups in total. The summed E-state index contributed by atoms with van der Waals surface area (Å²) in [6.45, 7) is 3.99. The maximum Gasteiger partial charge on any atom is 0.124 e. The summed E-state index contributed by atoms with van der Waals surface area (Å²) in [4.78, 5) is 1.01. The van der Waals surface area contributed by atoms with Gasteiger partial charge >= 0.3 is 0 Å². The van der Waals surface area contributed by atoms with Crippen LogP contribution in [0.2, 0.25) is 0 Å². The van der Waals surface area contributed by atoms with Gasteiger partial charge in [-0.25, -0.2) is 4.39 Å². The van der Waals surface area contributed by atoms with Gasteiger partial charge in [0.1, 0.15) is 11.6 Å². The molecule has 2 aromatic rings. The summed E-state index contributed by atoms with van der Waals surface area (Å²) >= 11 is 1.61. The summed E-state index contributed by atoms with van der Waals surface area (Å²) in [6, 6.07) is 14.2. The second-order valence-corrected chi connectivity index (χ2v) is 6.17. The molecular formula is C17H20FNOS. The molecule has 0 heterocycles. The fourth-order valence-electron chi connectivity index (χ4n) is 1.95. The Balaban J connectivity index is 2.03. The Morgan fingerprint density at radius 1 is 1.10 bits per heavy atom. The lowest BCUT2D eigenvalue weighted by Crippen LogP contribution is -2.16. The van der Waals surface area contributed by atoms with E-state index in [9.17, 15) is 4.39 Å². The molecule has 0 bridgehead atoms. The molecule has 1 atom stereocenters. The Labute approximate surface area is 129 Å². The maximum atomic E-state index is 12.9. The fourth-order valence-corrected chi connectivity index (χ4v) is 2.83. The molecule has 2 aromatic carbocycles. The summed E-state index contributed by atoms with van der Waals surface area (Å²) in [5, 5.41) is 0. The zero-order valence-electron chi connectivity index (χ0n) is 12.3. The van der Waals surface area contributed by atoms with Crippen LogP contribution in [-0.2, 0) is 0 Å². The van der Waals surface area contributed by atoms with Crippen molar-refractivity contribution >= 4 is 11.8 Å². The summed E-state index contributed by atoms with van der Waals surface area (Å²) in [5.41, 5.74) is 7.28. The number of ether oxygens (including phenoxy) is 1. The minimum absolute atomic E-state index is 0.114. The van der Waals surface area contributed by atoms with Crippen molar-refractivity contribution in [2.45, 2.75) is 30.9 Å². The largest absolute Gasteiger partial charge is 0.491 e. The van der Waals surface area contributed by atoms with Gasteiger partial charge in [0.15, 0.2) is 0 Å². The molecule has 0 aromatic heterocycles. The molecule has 0 radical (unpaired) electrons. The first-order valence-corrected chi connectivity index (χ1v) is 7.94. The van der Waals surface area contributed by atoms with E-state index in [4.69, 9.17) is 10.5 Å². The number of thioether (sulfide) groups is 1. The number of hydrogen-bond acceptors (Lipinski definition) is 3. The number of rotatable bonds is 6. The van der Waals surface area contributed by atoms with Gasteiger partial charge in [0.05, 0.1) is 6.10 Å². The van der Waals surface area contributed by atoms with Gasteiger partial charge in [-0.05, 0) is 44.2 Å². The molecule has 21 heavy (non-hydrogen) atoms. The smallest absolute Gasteiger partial charge is 0.124 e. The molecule has 0 aliphatic heterocycles. The summed E-state index contributed by atoms with van der Waals surface area (Å²) < 4.78 is 18.7. The Morgan fingerprint density at radius 3 is 2.43 bits per heavy atom. The van der Waals surface area contributed by atoms with E-state index in [0.717, 1.165) is 16.2 Å². The molecule has 2 rings (SSSR count). The predicted molar refractivity (Wildman–Crippen MR) is 86.3 cm³/mol. The van der Waals surface area contributed by atoms with Crippen LogP contribution >= 0.6 is 11.8 Å². The van der Waals surface area contributed by atoms with Gasteiger partial charge in [0, 0.05) is 22.3 Å². The highest BCUT2D eigenvalue weighted by atomic mass is 32.2. The van der Waals surface area contributed by atoms with Gasteiger partial charge in [-0.1, -0.05) is 18.2 Å². The van der Waals surface area contributed by atoms with Gasteiger partial charge in [-0.2, -0.15) is 0 Å². The van der Waals surface area contributed by atoms with Crippen molar-refractivity contribution in [2.24, 2.45) is 5.73 Å². The summed E-state index contributed by atoms with van der Waals surface area (Å²) in [5.74, 6) is 1.32. The lowest BCUT2D eigenvalue weighted by Gasteiger charge is -2.18. The van der Waals surface area contributed by atoms with Crippen LogP contribution in [0.3, 0.4) is 0 Å². The van der Waals surface area contributed by atoms with Gasteiger partial charge in [0.25, 0.3) is 0 Å². The van der Waals surface area contributed by atoms with Crippen molar-refractivity contribution in [3.8, 4) is 5.75 Å². The third-order valence-corrected chi connectivity index (χ3v) is 4.06. The van der Waals surface area contributed by atoms with Crippen LogP contribution in [0, 0.1) is 5.82 Å². The van der Waals surface area contributed by atoms with Crippen molar-refractivity contribution < 1.29 is 9.13 Å². The number of para-hydroxylation sites is 1. The molecule has 1 unspecified atom stereocenters. The molecule has 0 amide bonds. The average Bonchev–Trinajstić information content (AvgIpc) is 2.46. The topological polar surface area (TPSA) is 35.2 Å². The highest BCUT2D eigenvalue weighted by Gasteiger charge is 2.13. The van der Waals surface area contributed by atoms with E-state index in [1.54, 1.807) is 23.9 Å². The van der Waals surface area contributed by atoms with E-state index in [-0.39, 0.29) is 18.0 Å². The zero-order chi connectivity index (χ0) is 15.2. The molecule has 0 aliphatic carbocycles. The van der Waals surface area contributed by atoms with E-state index >= 15 is 0 Å². The van der Waals surface area contributed by atoms with Gasteiger partial charge in [0.2, 0.25) is 0 Å². The Bertz CT molecular complexity index is 571. The van der Waals surface area contributed by atoms with E-state index in [1.807, 2.05) is 38.1 Å². The van der Waals surface area contributed by atoms with Crippen LogP contribution in [0.1, 0.15) is 25.5 Å². The van der Waals surface area contributed by atoms with E-state index in [2.05, 4.69) is 0 Å². The third-order valence-electron chi connectivity index (χ3n) is 2.92. The van der Waals surface area contributed by atoms with Crippen LogP contribution in [0.15, 0.2) is 53.4 Å². The highest BCUT2D eigenvalue weighted by Crippen LogP contribution is 2.29. The molecule has 0 spiro atoms. The molecule has 2 nitrogen and oxygen atoms in total. The van der Waals surface area contributed by atoms with Crippen molar-refractivity contribution in [1.82, 2.24) is 0 Å². The number of nitrogens with two attached hydrogens (primary N) is 1. The van der Waals surface area contributed by atoms with Crippen LogP contribution in [0.25, 0.3) is 0 Å². The SMILES string of the molecule is CC(C)Oc1ccccc1C(N)CSc1ccc(F)cc1. The highest BCUT2D eigenvalue weighted by molar-refractivity contribution is 7.99. The normalized spacial score (nSPS) is 12.4. The standard InChI is InChI=1S/C17H20FNOS/c1-12(2)20-17-6-4-3-5-15(17)16(19)11-21-14-9-7-13(18)8-10-14/h3-10,12,16H,11,19H2,1-2H3. The lowest BCUT2D eigenvalue weighted by atomic mass is 10.1. The van der Waals surface area contributed by atoms with Crippen molar-refractivity contribution in [1.29, 1.82) is 0 Å². The van der Waals surface area contributed by atoms with E-state index < -0.39 is 0 Å². The summed E-state index contributed by atoms with van der Waals surface area (Å²) in [6.07, 6.45) is 0.114. The van der Waals surface area contributed by atoms with Crippen molar-refractivity contribution in [2.75, 3.05) is 5.75 Å². The number of halogens is 1. The number of benzene rings is 2.